The maximum Gasteiger partial charge on any atom is 0.242 e. The van der Waals surface area contributed by atoms with E-state index in [1.165, 1.54) is 0 Å². The fourth-order valence-electron chi connectivity index (χ4n) is 6.46. The summed E-state index contributed by atoms with van der Waals surface area (Å²) in [6.07, 6.45) is 1.26. The zero-order valence-corrected chi connectivity index (χ0v) is 24.7. The quantitative estimate of drug-likeness (QED) is 0.384. The molecule has 1 unspecified atom stereocenters. The number of piperazine rings is 1. The van der Waals surface area contributed by atoms with Crippen LogP contribution < -0.4 is 15.1 Å². The zero-order valence-electron chi connectivity index (χ0n) is 24.0. The Morgan fingerprint density at radius 1 is 0.951 bits per heavy atom. The molecule has 6 rings (SSSR count). The Bertz CT molecular complexity index is 1510. The molecule has 212 valence electrons. The number of hydrogen-bond acceptors (Lipinski definition) is 5. The van der Waals surface area contributed by atoms with E-state index in [-0.39, 0.29) is 29.7 Å². The Morgan fingerprint density at radius 2 is 1.68 bits per heavy atom. The van der Waals surface area contributed by atoms with Crippen molar-refractivity contribution in [2.75, 3.05) is 47.8 Å². The van der Waals surface area contributed by atoms with Crippen LogP contribution in [-0.2, 0) is 9.59 Å². The van der Waals surface area contributed by atoms with E-state index in [0.717, 1.165) is 59.0 Å². The highest BCUT2D eigenvalue weighted by Crippen LogP contribution is 2.48. The Hall–Kier alpha value is -3.77. The molecular weight excluding hydrogens is 532 g/mol. The number of carbonyl (C=O) groups is 2. The minimum absolute atomic E-state index is 0.0651. The average molecular weight is 569 g/mol. The summed E-state index contributed by atoms with van der Waals surface area (Å²) in [6.45, 7) is 9.31. The van der Waals surface area contributed by atoms with Crippen LogP contribution in [0.25, 0.3) is 0 Å². The maximum atomic E-state index is 14.0. The van der Waals surface area contributed by atoms with E-state index in [9.17, 15) is 9.59 Å². The van der Waals surface area contributed by atoms with Crippen LogP contribution in [0.15, 0.2) is 84.1 Å². The van der Waals surface area contributed by atoms with Gasteiger partial charge >= 0.3 is 0 Å². The van der Waals surface area contributed by atoms with Gasteiger partial charge in [0.1, 0.15) is 0 Å². The van der Waals surface area contributed by atoms with Gasteiger partial charge in [-0.2, -0.15) is 0 Å². The summed E-state index contributed by atoms with van der Waals surface area (Å²) >= 11 is 6.22. The molecule has 1 aliphatic carbocycles. The maximum absolute atomic E-state index is 14.0. The van der Waals surface area contributed by atoms with Gasteiger partial charge in [0.15, 0.2) is 5.78 Å². The van der Waals surface area contributed by atoms with E-state index in [4.69, 9.17) is 11.6 Å². The van der Waals surface area contributed by atoms with E-state index < -0.39 is 0 Å². The summed E-state index contributed by atoms with van der Waals surface area (Å²) in [7, 11) is 0. The molecule has 6 nitrogen and oxygen atoms in total. The van der Waals surface area contributed by atoms with E-state index in [2.05, 4.69) is 72.3 Å². The number of hydrogen-bond donors (Lipinski definition) is 1. The lowest BCUT2D eigenvalue weighted by molar-refractivity contribution is -0.130. The molecule has 3 aromatic carbocycles. The molecule has 1 atom stereocenters. The fourth-order valence-corrected chi connectivity index (χ4v) is 6.64. The fraction of sp³-hybridized carbons (Fsp3) is 0.353. The number of rotatable bonds is 4. The molecule has 1 fully saturated rings. The topological polar surface area (TPSA) is 55.9 Å². The molecule has 2 aliphatic heterocycles. The van der Waals surface area contributed by atoms with Crippen LogP contribution in [0.5, 0.6) is 0 Å². The lowest BCUT2D eigenvalue weighted by Crippen LogP contribution is -2.52. The van der Waals surface area contributed by atoms with E-state index >= 15 is 0 Å². The molecule has 0 bridgehead atoms. The molecule has 0 spiro atoms. The van der Waals surface area contributed by atoms with E-state index in [0.29, 0.717) is 24.5 Å². The van der Waals surface area contributed by atoms with Crippen molar-refractivity contribution >= 4 is 40.4 Å². The van der Waals surface area contributed by atoms with Crippen LogP contribution in [0.1, 0.15) is 43.9 Å². The largest absolute Gasteiger partial charge is 0.368 e. The molecule has 0 saturated carbocycles. The number of aryl methyl sites for hydroxylation is 1. The number of amides is 1. The SMILES string of the molecule is Cc1ccc(C2C3=C(CC(C)(C)CC3=O)Nc3ccccc3N2CC(=O)N2CCN(c3cccc(Cl)c3)CC2)cc1. The van der Waals surface area contributed by atoms with Crippen molar-refractivity contribution in [1.29, 1.82) is 0 Å². The molecule has 1 N–H and O–H groups in total. The van der Waals surface area contributed by atoms with Gasteiger partial charge in [-0.15, -0.1) is 0 Å². The van der Waals surface area contributed by atoms with Crippen molar-refractivity contribution < 1.29 is 9.59 Å². The van der Waals surface area contributed by atoms with Crippen LogP contribution in [0.3, 0.4) is 0 Å². The number of halogens is 1. The number of benzene rings is 3. The van der Waals surface area contributed by atoms with Gasteiger partial charge in [-0.3, -0.25) is 9.59 Å². The number of carbonyl (C=O) groups excluding carboxylic acids is 2. The third-order valence-corrected chi connectivity index (χ3v) is 8.74. The zero-order chi connectivity index (χ0) is 28.7. The molecule has 2 heterocycles. The number of anilines is 3. The standard InChI is InChI=1S/C34H37ClN4O2/c1-23-11-13-24(14-12-23)33-32-28(20-34(2,3)21-30(32)40)36-27-9-4-5-10-29(27)39(33)22-31(41)38-17-15-37(16-18-38)26-8-6-7-25(35)19-26/h4-14,19,33,36H,15-18,20-22H2,1-3H3. The number of allylic oxidation sites excluding steroid dienone is 1. The van der Waals surface area contributed by atoms with Crippen LogP contribution in [-0.4, -0.2) is 49.3 Å². The van der Waals surface area contributed by atoms with Crippen LogP contribution in [0.2, 0.25) is 5.02 Å². The predicted molar refractivity (Wildman–Crippen MR) is 167 cm³/mol. The van der Waals surface area contributed by atoms with E-state index in [1.807, 2.05) is 41.3 Å². The molecule has 3 aromatic rings. The summed E-state index contributed by atoms with van der Waals surface area (Å²) in [4.78, 5) is 34.3. The van der Waals surface area contributed by atoms with Gasteiger partial charge in [-0.25, -0.2) is 0 Å². The van der Waals surface area contributed by atoms with E-state index in [1.54, 1.807) is 0 Å². The summed E-state index contributed by atoms with van der Waals surface area (Å²) in [5.74, 6) is 0.213. The summed E-state index contributed by atoms with van der Waals surface area (Å²) in [5, 5.41) is 4.36. The highest BCUT2D eigenvalue weighted by Gasteiger charge is 2.42. The summed E-state index contributed by atoms with van der Waals surface area (Å²) < 4.78 is 0. The summed E-state index contributed by atoms with van der Waals surface area (Å²) in [5.41, 5.74) is 6.73. The Balaban J connectivity index is 1.34. The van der Waals surface area contributed by atoms with Crippen LogP contribution >= 0.6 is 11.6 Å². The number of Topliss-reactive ketones (excluding diaryl/α,β-unsaturated/α-hetero) is 1. The van der Waals surface area contributed by atoms with Crippen molar-refractivity contribution in [3.63, 3.8) is 0 Å². The van der Waals surface area contributed by atoms with Gasteiger partial charge in [-0.1, -0.05) is 73.5 Å². The molecule has 0 aromatic heterocycles. The second-order valence-electron chi connectivity index (χ2n) is 12.3. The van der Waals surface area contributed by atoms with Crippen molar-refractivity contribution in [2.45, 2.75) is 39.7 Å². The van der Waals surface area contributed by atoms with Crippen molar-refractivity contribution in [1.82, 2.24) is 4.90 Å². The van der Waals surface area contributed by atoms with Crippen molar-refractivity contribution in [2.24, 2.45) is 5.41 Å². The number of nitrogens with zero attached hydrogens (tertiary/aromatic N) is 3. The van der Waals surface area contributed by atoms with Crippen molar-refractivity contribution in [3.05, 3.63) is 100 Å². The highest BCUT2D eigenvalue weighted by molar-refractivity contribution is 6.30. The number of fused-ring (bicyclic) bond motifs is 1. The van der Waals surface area contributed by atoms with Gasteiger partial charge in [0.05, 0.1) is 24.0 Å². The molecular formula is C34H37ClN4O2. The second kappa shape index (κ2) is 10.9. The number of ketones is 1. The minimum Gasteiger partial charge on any atom is -0.368 e. The molecule has 7 heteroatoms. The Labute approximate surface area is 247 Å². The van der Waals surface area contributed by atoms with Crippen molar-refractivity contribution in [3.8, 4) is 0 Å². The molecule has 41 heavy (non-hydrogen) atoms. The normalized spacial score (nSPS) is 20.2. The average Bonchev–Trinajstić information content (AvgIpc) is 3.07. The van der Waals surface area contributed by atoms with Gasteiger partial charge in [0.25, 0.3) is 0 Å². The van der Waals surface area contributed by atoms with Gasteiger partial charge < -0.3 is 20.0 Å². The van der Waals surface area contributed by atoms with Gasteiger partial charge in [-0.05, 0) is 54.7 Å². The first-order valence-electron chi connectivity index (χ1n) is 14.4. The lowest BCUT2D eigenvalue weighted by atomic mass is 9.73. The second-order valence-corrected chi connectivity index (χ2v) is 12.7. The first-order chi connectivity index (χ1) is 19.7. The summed E-state index contributed by atoms with van der Waals surface area (Å²) in [6, 6.07) is 24.0. The molecule has 0 radical (unpaired) electrons. The number of nitrogens with one attached hydrogen (secondary N) is 1. The van der Waals surface area contributed by atoms with Gasteiger partial charge in [0, 0.05) is 54.6 Å². The predicted octanol–water partition coefficient (Wildman–Crippen LogP) is 6.61. The Kier molecular flexibility index (Phi) is 7.28. The molecule has 3 aliphatic rings. The Morgan fingerprint density at radius 3 is 2.41 bits per heavy atom. The van der Waals surface area contributed by atoms with Crippen LogP contribution in [0.4, 0.5) is 17.1 Å². The minimum atomic E-state index is -0.359. The molecule has 1 saturated heterocycles. The highest BCUT2D eigenvalue weighted by atomic mass is 35.5. The first kappa shape index (κ1) is 27.4. The third-order valence-electron chi connectivity index (χ3n) is 8.51. The molecule has 1 amide bonds. The van der Waals surface area contributed by atoms with Gasteiger partial charge in [0.2, 0.25) is 5.91 Å². The third kappa shape index (κ3) is 5.58. The monoisotopic (exact) mass is 568 g/mol. The first-order valence-corrected chi connectivity index (χ1v) is 14.8. The van der Waals surface area contributed by atoms with Crippen LogP contribution in [0, 0.1) is 12.3 Å². The smallest absolute Gasteiger partial charge is 0.242 e. The lowest BCUT2D eigenvalue weighted by Gasteiger charge is -2.40. The number of para-hydroxylation sites is 2.